The van der Waals surface area contributed by atoms with Crippen LogP contribution >= 0.6 is 11.6 Å². The monoisotopic (exact) mass is 329 g/mol. The highest BCUT2D eigenvalue weighted by atomic mass is 35.5. The molecular weight excluding hydrogens is 310 g/mol. The van der Waals surface area contributed by atoms with Crippen molar-refractivity contribution in [1.82, 2.24) is 4.98 Å². The SMILES string of the molecule is O=C(Nc1ccc(Cl)cc1)c1cc(N2CCCCCC2)ccn1. The van der Waals surface area contributed by atoms with Crippen LogP contribution in [-0.4, -0.2) is 24.0 Å². The fraction of sp³-hybridized carbons (Fsp3) is 0.333. The van der Waals surface area contributed by atoms with Gasteiger partial charge in [0.1, 0.15) is 5.69 Å². The van der Waals surface area contributed by atoms with E-state index in [0.717, 1.165) is 18.8 Å². The van der Waals surface area contributed by atoms with Crippen molar-refractivity contribution in [2.75, 3.05) is 23.3 Å². The number of pyridine rings is 1. The molecule has 0 bridgehead atoms. The lowest BCUT2D eigenvalue weighted by atomic mass is 10.2. The maximum absolute atomic E-state index is 12.4. The molecule has 0 atom stereocenters. The van der Waals surface area contributed by atoms with Gasteiger partial charge < -0.3 is 10.2 Å². The lowest BCUT2D eigenvalue weighted by Gasteiger charge is -2.22. The number of carbonyl (C=O) groups excluding carboxylic acids is 1. The molecule has 4 nitrogen and oxygen atoms in total. The number of halogens is 1. The van der Waals surface area contributed by atoms with Crippen LogP contribution in [0.4, 0.5) is 11.4 Å². The second kappa shape index (κ2) is 7.47. The Morgan fingerprint density at radius 1 is 1.04 bits per heavy atom. The minimum absolute atomic E-state index is 0.205. The van der Waals surface area contributed by atoms with Crippen LogP contribution in [0.1, 0.15) is 36.2 Å². The Balaban J connectivity index is 1.73. The van der Waals surface area contributed by atoms with Crippen molar-refractivity contribution in [2.45, 2.75) is 25.7 Å². The second-order valence-electron chi connectivity index (χ2n) is 5.76. The third-order valence-corrected chi connectivity index (χ3v) is 4.30. The fourth-order valence-electron chi connectivity index (χ4n) is 2.80. The molecule has 1 aliphatic heterocycles. The van der Waals surface area contributed by atoms with Gasteiger partial charge in [0.25, 0.3) is 5.91 Å². The topological polar surface area (TPSA) is 45.2 Å². The van der Waals surface area contributed by atoms with Crippen LogP contribution in [0.5, 0.6) is 0 Å². The van der Waals surface area contributed by atoms with E-state index in [-0.39, 0.29) is 5.91 Å². The number of aromatic nitrogens is 1. The number of hydrogen-bond acceptors (Lipinski definition) is 3. The molecule has 5 heteroatoms. The fourth-order valence-corrected chi connectivity index (χ4v) is 2.92. The molecule has 0 radical (unpaired) electrons. The van der Waals surface area contributed by atoms with Crippen LogP contribution in [-0.2, 0) is 0 Å². The van der Waals surface area contributed by atoms with Gasteiger partial charge in [-0.15, -0.1) is 0 Å². The summed E-state index contributed by atoms with van der Waals surface area (Å²) in [6, 6.07) is 10.9. The van der Waals surface area contributed by atoms with E-state index in [9.17, 15) is 4.79 Å². The summed E-state index contributed by atoms with van der Waals surface area (Å²) in [6.07, 6.45) is 6.68. The van der Waals surface area contributed by atoms with Crippen LogP contribution in [0.25, 0.3) is 0 Å². The van der Waals surface area contributed by atoms with Crippen molar-refractivity contribution < 1.29 is 4.79 Å². The minimum Gasteiger partial charge on any atom is -0.371 e. The van der Waals surface area contributed by atoms with Crippen molar-refractivity contribution in [3.63, 3.8) is 0 Å². The molecule has 23 heavy (non-hydrogen) atoms. The van der Waals surface area contributed by atoms with Gasteiger partial charge >= 0.3 is 0 Å². The molecule has 0 spiro atoms. The second-order valence-corrected chi connectivity index (χ2v) is 6.20. The molecular formula is C18H20ClN3O. The van der Waals surface area contributed by atoms with Crippen molar-refractivity contribution in [2.24, 2.45) is 0 Å². The molecule has 1 N–H and O–H groups in total. The van der Waals surface area contributed by atoms with E-state index in [1.165, 1.54) is 25.7 Å². The molecule has 2 aromatic rings. The number of hydrogen-bond donors (Lipinski definition) is 1. The maximum Gasteiger partial charge on any atom is 0.274 e. The number of carbonyl (C=O) groups is 1. The standard InChI is InChI=1S/C18H20ClN3O/c19-14-5-7-15(8-6-14)21-18(23)17-13-16(9-10-20-17)22-11-3-1-2-4-12-22/h5-10,13H,1-4,11-12H2,(H,21,23). The normalized spacial score (nSPS) is 15.1. The van der Waals surface area contributed by atoms with Crippen molar-refractivity contribution in [3.05, 3.63) is 53.3 Å². The highest BCUT2D eigenvalue weighted by Gasteiger charge is 2.13. The summed E-state index contributed by atoms with van der Waals surface area (Å²) in [6.45, 7) is 2.09. The van der Waals surface area contributed by atoms with Gasteiger partial charge in [-0.3, -0.25) is 9.78 Å². The summed E-state index contributed by atoms with van der Waals surface area (Å²) in [5, 5.41) is 3.49. The van der Waals surface area contributed by atoms with Gasteiger partial charge in [-0.1, -0.05) is 24.4 Å². The summed E-state index contributed by atoms with van der Waals surface area (Å²) in [5.41, 5.74) is 2.21. The van der Waals surface area contributed by atoms with E-state index in [4.69, 9.17) is 11.6 Å². The highest BCUT2D eigenvalue weighted by molar-refractivity contribution is 6.30. The Bertz CT molecular complexity index is 664. The molecule has 1 aromatic heterocycles. The Kier molecular flexibility index (Phi) is 5.13. The van der Waals surface area contributed by atoms with Gasteiger partial charge in [0.05, 0.1) is 0 Å². The summed E-state index contributed by atoms with van der Waals surface area (Å²) < 4.78 is 0. The molecule has 1 amide bonds. The Hall–Kier alpha value is -2.07. The summed E-state index contributed by atoms with van der Waals surface area (Å²) in [7, 11) is 0. The molecule has 0 unspecified atom stereocenters. The Morgan fingerprint density at radius 2 is 1.74 bits per heavy atom. The third kappa shape index (κ3) is 4.23. The van der Waals surface area contributed by atoms with E-state index in [0.29, 0.717) is 16.4 Å². The largest absolute Gasteiger partial charge is 0.371 e. The first-order valence-corrected chi connectivity index (χ1v) is 8.38. The Morgan fingerprint density at radius 3 is 2.43 bits per heavy atom. The van der Waals surface area contributed by atoms with Gasteiger partial charge in [-0.2, -0.15) is 0 Å². The first-order valence-electron chi connectivity index (χ1n) is 8.00. The van der Waals surface area contributed by atoms with Gasteiger partial charge in [0, 0.05) is 35.7 Å². The molecule has 1 saturated heterocycles. The van der Waals surface area contributed by atoms with Crippen molar-refractivity contribution >= 4 is 28.9 Å². The lowest BCUT2D eigenvalue weighted by Crippen LogP contribution is -2.24. The Labute approximate surface area is 141 Å². The minimum atomic E-state index is -0.205. The molecule has 120 valence electrons. The molecule has 2 heterocycles. The van der Waals surface area contributed by atoms with E-state index in [1.807, 2.05) is 12.1 Å². The van der Waals surface area contributed by atoms with Crippen LogP contribution in [0.2, 0.25) is 5.02 Å². The molecule has 1 aromatic carbocycles. The predicted molar refractivity (Wildman–Crippen MR) is 94.3 cm³/mol. The van der Waals surface area contributed by atoms with Gasteiger partial charge in [-0.25, -0.2) is 0 Å². The van der Waals surface area contributed by atoms with Crippen molar-refractivity contribution in [3.8, 4) is 0 Å². The van der Waals surface area contributed by atoms with Gasteiger partial charge in [0.2, 0.25) is 0 Å². The number of benzene rings is 1. The van der Waals surface area contributed by atoms with Gasteiger partial charge in [-0.05, 0) is 49.2 Å². The molecule has 3 rings (SSSR count). The third-order valence-electron chi connectivity index (χ3n) is 4.05. The zero-order valence-electron chi connectivity index (χ0n) is 13.0. The van der Waals surface area contributed by atoms with Crippen LogP contribution in [0, 0.1) is 0 Å². The smallest absolute Gasteiger partial charge is 0.274 e. The van der Waals surface area contributed by atoms with Crippen molar-refractivity contribution in [1.29, 1.82) is 0 Å². The first-order chi connectivity index (χ1) is 11.2. The summed E-state index contributed by atoms with van der Waals surface area (Å²) >= 11 is 5.85. The molecule has 1 aliphatic rings. The molecule has 0 aliphatic carbocycles. The van der Waals surface area contributed by atoms with Crippen LogP contribution in [0.15, 0.2) is 42.6 Å². The number of amides is 1. The lowest BCUT2D eigenvalue weighted by molar-refractivity contribution is 0.102. The average Bonchev–Trinajstić information content (AvgIpc) is 2.86. The highest BCUT2D eigenvalue weighted by Crippen LogP contribution is 2.20. The zero-order chi connectivity index (χ0) is 16.1. The number of nitrogens with one attached hydrogen (secondary N) is 1. The summed E-state index contributed by atoms with van der Waals surface area (Å²) in [5.74, 6) is -0.205. The molecule has 0 saturated carbocycles. The first kappa shape index (κ1) is 15.8. The van der Waals surface area contributed by atoms with E-state index < -0.39 is 0 Å². The average molecular weight is 330 g/mol. The number of nitrogens with zero attached hydrogens (tertiary/aromatic N) is 2. The van der Waals surface area contributed by atoms with Crippen LogP contribution < -0.4 is 10.2 Å². The van der Waals surface area contributed by atoms with Crippen LogP contribution in [0.3, 0.4) is 0 Å². The summed E-state index contributed by atoms with van der Waals surface area (Å²) in [4.78, 5) is 18.9. The predicted octanol–water partition coefficient (Wildman–Crippen LogP) is 4.37. The zero-order valence-corrected chi connectivity index (χ0v) is 13.7. The maximum atomic E-state index is 12.4. The van der Waals surface area contributed by atoms with Gasteiger partial charge in [0.15, 0.2) is 0 Å². The number of anilines is 2. The van der Waals surface area contributed by atoms with E-state index in [2.05, 4.69) is 15.2 Å². The number of rotatable bonds is 3. The molecule has 1 fully saturated rings. The quantitative estimate of drug-likeness (QED) is 0.909. The van der Waals surface area contributed by atoms with E-state index >= 15 is 0 Å². The van der Waals surface area contributed by atoms with E-state index in [1.54, 1.807) is 30.5 Å².